The highest BCUT2D eigenvalue weighted by atomic mass is 32.1. The van der Waals surface area contributed by atoms with E-state index >= 15 is 0 Å². The van der Waals surface area contributed by atoms with Crippen molar-refractivity contribution in [1.82, 2.24) is 20.1 Å². The first-order chi connectivity index (χ1) is 12.3. The van der Waals surface area contributed by atoms with Crippen LogP contribution < -0.4 is 0 Å². The van der Waals surface area contributed by atoms with Gasteiger partial charge in [-0.3, -0.25) is 4.90 Å². The van der Waals surface area contributed by atoms with E-state index in [9.17, 15) is 0 Å². The van der Waals surface area contributed by atoms with Gasteiger partial charge in [0.15, 0.2) is 0 Å². The maximum atomic E-state index is 5.90. The van der Waals surface area contributed by atoms with Crippen LogP contribution in [0.4, 0.5) is 0 Å². The third kappa shape index (κ3) is 3.37. The van der Waals surface area contributed by atoms with E-state index in [1.165, 1.54) is 16.1 Å². The summed E-state index contributed by atoms with van der Waals surface area (Å²) < 4.78 is 5.90. The minimum atomic E-state index is 0.106. The average Bonchev–Trinajstić information content (AvgIpc) is 3.30. The SMILES string of the molecule is CCc1nnc([C@H]2Cc3ccccc3CN2Cc2csc(CC)n2)o1. The Morgan fingerprint density at radius 2 is 2.00 bits per heavy atom. The first kappa shape index (κ1) is 16.4. The normalized spacial score (nSPS) is 17.6. The van der Waals surface area contributed by atoms with Crippen LogP contribution in [-0.2, 0) is 32.4 Å². The fourth-order valence-electron chi connectivity index (χ4n) is 3.32. The van der Waals surface area contributed by atoms with E-state index in [0.29, 0.717) is 5.89 Å². The molecule has 0 N–H and O–H groups in total. The Labute approximate surface area is 151 Å². The van der Waals surface area contributed by atoms with E-state index in [1.807, 2.05) is 6.92 Å². The van der Waals surface area contributed by atoms with Gasteiger partial charge >= 0.3 is 0 Å². The van der Waals surface area contributed by atoms with Crippen molar-refractivity contribution < 1.29 is 4.42 Å². The minimum Gasteiger partial charge on any atom is -0.424 e. The van der Waals surface area contributed by atoms with Crippen LogP contribution in [0.1, 0.15) is 53.5 Å². The smallest absolute Gasteiger partial charge is 0.233 e. The molecule has 0 bridgehead atoms. The third-order valence-electron chi connectivity index (χ3n) is 4.68. The molecule has 2 aromatic heterocycles. The van der Waals surface area contributed by atoms with Crippen LogP contribution in [0.3, 0.4) is 0 Å². The first-order valence-electron chi connectivity index (χ1n) is 8.83. The van der Waals surface area contributed by atoms with E-state index < -0.39 is 0 Å². The van der Waals surface area contributed by atoms with E-state index in [4.69, 9.17) is 9.40 Å². The zero-order valence-electron chi connectivity index (χ0n) is 14.6. The quantitative estimate of drug-likeness (QED) is 0.694. The lowest BCUT2D eigenvalue weighted by atomic mass is 9.94. The predicted octanol–water partition coefficient (Wildman–Crippen LogP) is 3.95. The van der Waals surface area contributed by atoms with Gasteiger partial charge in [0, 0.05) is 24.9 Å². The summed E-state index contributed by atoms with van der Waals surface area (Å²) in [5, 5.41) is 11.8. The lowest BCUT2D eigenvalue weighted by Gasteiger charge is -2.34. The number of aromatic nitrogens is 3. The average molecular weight is 354 g/mol. The lowest BCUT2D eigenvalue weighted by Crippen LogP contribution is -2.34. The molecular weight excluding hydrogens is 332 g/mol. The fourth-order valence-corrected chi connectivity index (χ4v) is 4.06. The summed E-state index contributed by atoms with van der Waals surface area (Å²) in [7, 11) is 0. The number of benzene rings is 1. The van der Waals surface area contributed by atoms with Gasteiger partial charge in [-0.25, -0.2) is 4.98 Å². The number of thiazole rings is 1. The molecule has 1 aliphatic rings. The summed E-state index contributed by atoms with van der Waals surface area (Å²) in [6.45, 7) is 5.86. The number of fused-ring (bicyclic) bond motifs is 1. The number of hydrogen-bond donors (Lipinski definition) is 0. The van der Waals surface area contributed by atoms with Crippen LogP contribution in [0.5, 0.6) is 0 Å². The van der Waals surface area contributed by atoms with Crippen molar-refractivity contribution in [3.05, 3.63) is 63.3 Å². The summed E-state index contributed by atoms with van der Waals surface area (Å²) in [6, 6.07) is 8.73. The second-order valence-electron chi connectivity index (χ2n) is 6.37. The van der Waals surface area contributed by atoms with Crippen molar-refractivity contribution in [3.63, 3.8) is 0 Å². The number of rotatable bonds is 5. The molecule has 0 saturated carbocycles. The second kappa shape index (κ2) is 7.06. The molecular formula is C19H22N4OS. The Hall–Kier alpha value is -2.05. The molecule has 0 amide bonds. The number of aryl methyl sites for hydroxylation is 2. The third-order valence-corrected chi connectivity index (χ3v) is 5.72. The summed E-state index contributed by atoms with van der Waals surface area (Å²) in [5.74, 6) is 1.42. The van der Waals surface area contributed by atoms with Gasteiger partial charge in [-0.15, -0.1) is 21.5 Å². The Kier molecular flexibility index (Phi) is 4.63. The van der Waals surface area contributed by atoms with Crippen LogP contribution >= 0.6 is 11.3 Å². The van der Waals surface area contributed by atoms with Crippen molar-refractivity contribution in [2.75, 3.05) is 0 Å². The maximum Gasteiger partial charge on any atom is 0.233 e. The molecule has 0 saturated heterocycles. The van der Waals surface area contributed by atoms with E-state index in [1.54, 1.807) is 11.3 Å². The van der Waals surface area contributed by atoms with Crippen molar-refractivity contribution in [1.29, 1.82) is 0 Å². The van der Waals surface area contributed by atoms with E-state index in [-0.39, 0.29) is 6.04 Å². The fraction of sp³-hybridized carbons (Fsp3) is 0.421. The summed E-state index contributed by atoms with van der Waals surface area (Å²) in [5.41, 5.74) is 3.87. The molecule has 0 aliphatic carbocycles. The minimum absolute atomic E-state index is 0.106. The molecule has 3 aromatic rings. The van der Waals surface area contributed by atoms with Crippen LogP contribution in [0.15, 0.2) is 34.1 Å². The highest BCUT2D eigenvalue weighted by Gasteiger charge is 2.31. The van der Waals surface area contributed by atoms with Crippen molar-refractivity contribution >= 4 is 11.3 Å². The molecule has 4 rings (SSSR count). The molecule has 1 aliphatic heterocycles. The Morgan fingerprint density at radius 1 is 1.16 bits per heavy atom. The summed E-state index contributed by atoms with van der Waals surface area (Å²) in [4.78, 5) is 7.15. The first-order valence-corrected chi connectivity index (χ1v) is 9.71. The second-order valence-corrected chi connectivity index (χ2v) is 7.31. The molecule has 0 radical (unpaired) electrons. The summed E-state index contributed by atoms with van der Waals surface area (Å²) in [6.07, 6.45) is 2.65. The topological polar surface area (TPSA) is 55.1 Å². The molecule has 3 heterocycles. The summed E-state index contributed by atoms with van der Waals surface area (Å²) >= 11 is 1.74. The van der Waals surface area contributed by atoms with E-state index in [2.05, 4.69) is 51.7 Å². The number of hydrogen-bond acceptors (Lipinski definition) is 6. The van der Waals surface area contributed by atoms with E-state index in [0.717, 1.165) is 43.9 Å². The highest BCUT2D eigenvalue weighted by Crippen LogP contribution is 2.34. The largest absolute Gasteiger partial charge is 0.424 e. The Bertz CT molecular complexity index is 856. The van der Waals surface area contributed by atoms with Crippen LogP contribution in [0.2, 0.25) is 0 Å². The number of nitrogens with zero attached hydrogens (tertiary/aromatic N) is 4. The van der Waals surface area contributed by atoms with Gasteiger partial charge in [-0.05, 0) is 24.0 Å². The molecule has 0 spiro atoms. The molecule has 0 unspecified atom stereocenters. The molecule has 0 fully saturated rings. The zero-order chi connectivity index (χ0) is 17.2. The van der Waals surface area contributed by atoms with Gasteiger partial charge in [0.2, 0.25) is 11.8 Å². The lowest BCUT2D eigenvalue weighted by molar-refractivity contribution is 0.135. The molecule has 25 heavy (non-hydrogen) atoms. The van der Waals surface area contributed by atoms with Gasteiger partial charge < -0.3 is 4.42 Å². The monoisotopic (exact) mass is 354 g/mol. The van der Waals surface area contributed by atoms with Crippen molar-refractivity contribution in [2.45, 2.75) is 52.2 Å². The zero-order valence-corrected chi connectivity index (χ0v) is 15.4. The van der Waals surface area contributed by atoms with Gasteiger partial charge in [0.1, 0.15) is 0 Å². The van der Waals surface area contributed by atoms with Crippen LogP contribution in [-0.4, -0.2) is 20.1 Å². The molecule has 5 nitrogen and oxygen atoms in total. The van der Waals surface area contributed by atoms with Gasteiger partial charge in [0.05, 0.1) is 16.7 Å². The molecule has 130 valence electrons. The Balaban J connectivity index is 1.64. The Morgan fingerprint density at radius 3 is 2.72 bits per heavy atom. The van der Waals surface area contributed by atoms with Crippen LogP contribution in [0.25, 0.3) is 0 Å². The van der Waals surface area contributed by atoms with Crippen molar-refractivity contribution in [2.24, 2.45) is 0 Å². The molecule has 1 atom stereocenters. The molecule has 6 heteroatoms. The predicted molar refractivity (Wildman–Crippen MR) is 97.3 cm³/mol. The molecule has 1 aromatic carbocycles. The maximum absolute atomic E-state index is 5.90. The van der Waals surface area contributed by atoms with Crippen molar-refractivity contribution in [3.8, 4) is 0 Å². The van der Waals surface area contributed by atoms with Crippen LogP contribution in [0, 0.1) is 0 Å². The van der Waals surface area contributed by atoms with Gasteiger partial charge in [-0.1, -0.05) is 38.1 Å². The van der Waals surface area contributed by atoms with Gasteiger partial charge in [0.25, 0.3) is 0 Å². The van der Waals surface area contributed by atoms with Gasteiger partial charge in [-0.2, -0.15) is 0 Å². The standard InChI is InChI=1S/C19H22N4OS/c1-3-17-21-22-19(24-17)16-9-13-7-5-6-8-14(13)10-23(16)11-15-12-25-18(4-2)20-15/h5-8,12,16H,3-4,9-11H2,1-2H3/t16-/m1/s1. The highest BCUT2D eigenvalue weighted by molar-refractivity contribution is 7.09.